The molecule has 1 atom stereocenters. The molecule has 1 aliphatic rings. The zero-order valence-electron chi connectivity index (χ0n) is 16.7. The molecule has 30 heavy (non-hydrogen) atoms. The van der Waals surface area contributed by atoms with Crippen molar-refractivity contribution in [1.29, 1.82) is 0 Å². The molecule has 1 unspecified atom stereocenters. The predicted octanol–water partition coefficient (Wildman–Crippen LogP) is 2.70. The first-order valence-electron chi connectivity index (χ1n) is 9.71. The minimum atomic E-state index is -4.47. The van der Waals surface area contributed by atoms with Crippen LogP contribution in [0.1, 0.15) is 31.7 Å². The number of anilines is 1. The third-order valence-electron chi connectivity index (χ3n) is 4.74. The van der Waals surface area contributed by atoms with E-state index in [1.165, 1.54) is 0 Å². The zero-order chi connectivity index (χ0) is 21.7. The summed E-state index contributed by atoms with van der Waals surface area (Å²) in [6, 6.07) is 0.965. The molecule has 3 heterocycles. The molecular formula is C18H24ClF3N8. The molecule has 2 aromatic rings. The summed E-state index contributed by atoms with van der Waals surface area (Å²) in [5, 5.41) is 14.5. The molecule has 0 radical (unpaired) electrons. The van der Waals surface area contributed by atoms with Crippen molar-refractivity contribution in [2.75, 3.05) is 24.5 Å². The zero-order valence-corrected chi connectivity index (χ0v) is 17.5. The summed E-state index contributed by atoms with van der Waals surface area (Å²) in [5.41, 5.74) is -0.855. The van der Waals surface area contributed by atoms with Crippen LogP contribution in [0, 0.1) is 0 Å². The number of aryl methyl sites for hydroxylation is 1. The highest BCUT2D eigenvalue weighted by molar-refractivity contribution is 6.33. The molecule has 164 valence electrons. The van der Waals surface area contributed by atoms with Crippen LogP contribution in [0.5, 0.6) is 0 Å². The van der Waals surface area contributed by atoms with Gasteiger partial charge < -0.3 is 20.1 Å². The minimum Gasteiger partial charge on any atom is -0.357 e. The number of halogens is 4. The second kappa shape index (κ2) is 9.50. The monoisotopic (exact) mass is 444 g/mol. The molecule has 0 aromatic carbocycles. The second-order valence-electron chi connectivity index (χ2n) is 6.83. The Hall–Kier alpha value is -2.56. The van der Waals surface area contributed by atoms with Gasteiger partial charge in [-0.1, -0.05) is 11.6 Å². The van der Waals surface area contributed by atoms with Crippen molar-refractivity contribution in [3.8, 4) is 0 Å². The van der Waals surface area contributed by atoms with Gasteiger partial charge in [0.1, 0.15) is 18.7 Å². The van der Waals surface area contributed by atoms with Gasteiger partial charge in [0.25, 0.3) is 0 Å². The van der Waals surface area contributed by atoms with Crippen molar-refractivity contribution < 1.29 is 13.2 Å². The lowest BCUT2D eigenvalue weighted by atomic mass is 10.2. The standard InChI is InChI=1S/C18H24ClF3N8/c1-3-23-17(25-9-15-28-26-11-29(15)4-2)27-13-5-6-30(10-13)16-14(19)7-12(8-24-16)18(20,21)22/h7-8,11,13H,3-6,9-10H2,1-2H3,(H2,23,25,27). The van der Waals surface area contributed by atoms with Gasteiger partial charge in [-0.05, 0) is 26.3 Å². The van der Waals surface area contributed by atoms with Crippen molar-refractivity contribution in [1.82, 2.24) is 30.4 Å². The summed E-state index contributed by atoms with van der Waals surface area (Å²) in [6.45, 7) is 6.99. The first-order valence-corrected chi connectivity index (χ1v) is 10.1. The first-order chi connectivity index (χ1) is 14.3. The van der Waals surface area contributed by atoms with E-state index in [1.807, 2.05) is 23.3 Å². The molecule has 3 rings (SSSR count). The Morgan fingerprint density at radius 3 is 2.83 bits per heavy atom. The van der Waals surface area contributed by atoms with E-state index >= 15 is 0 Å². The van der Waals surface area contributed by atoms with Crippen LogP contribution in [0.3, 0.4) is 0 Å². The molecule has 1 aliphatic heterocycles. The molecule has 0 aliphatic carbocycles. The highest BCUT2D eigenvalue weighted by atomic mass is 35.5. The number of hydrogen-bond donors (Lipinski definition) is 2. The lowest BCUT2D eigenvalue weighted by Gasteiger charge is -2.21. The van der Waals surface area contributed by atoms with Crippen LogP contribution >= 0.6 is 11.6 Å². The summed E-state index contributed by atoms with van der Waals surface area (Å²) in [4.78, 5) is 10.4. The van der Waals surface area contributed by atoms with Crippen molar-refractivity contribution in [2.24, 2.45) is 4.99 Å². The Labute approximate surface area is 177 Å². The predicted molar refractivity (Wildman–Crippen MR) is 109 cm³/mol. The topological polar surface area (TPSA) is 83.3 Å². The van der Waals surface area contributed by atoms with Crippen LogP contribution in [0.2, 0.25) is 5.02 Å². The third kappa shape index (κ3) is 5.32. The Balaban J connectivity index is 1.64. The molecule has 12 heteroatoms. The number of aromatic nitrogens is 4. The highest BCUT2D eigenvalue weighted by Gasteiger charge is 2.33. The van der Waals surface area contributed by atoms with E-state index in [9.17, 15) is 13.2 Å². The number of guanidine groups is 1. The largest absolute Gasteiger partial charge is 0.417 e. The summed E-state index contributed by atoms with van der Waals surface area (Å²) < 4.78 is 40.4. The molecule has 0 amide bonds. The van der Waals surface area contributed by atoms with Gasteiger partial charge in [-0.25, -0.2) is 9.98 Å². The van der Waals surface area contributed by atoms with E-state index < -0.39 is 11.7 Å². The number of hydrogen-bond acceptors (Lipinski definition) is 5. The number of rotatable bonds is 6. The van der Waals surface area contributed by atoms with Crippen molar-refractivity contribution in [2.45, 2.75) is 45.6 Å². The molecule has 0 bridgehead atoms. The van der Waals surface area contributed by atoms with Crippen LogP contribution in [0.4, 0.5) is 19.0 Å². The lowest BCUT2D eigenvalue weighted by molar-refractivity contribution is -0.137. The van der Waals surface area contributed by atoms with Crippen LogP contribution in [0.15, 0.2) is 23.6 Å². The molecule has 0 spiro atoms. The Morgan fingerprint density at radius 1 is 1.37 bits per heavy atom. The van der Waals surface area contributed by atoms with E-state index in [1.54, 1.807) is 6.33 Å². The smallest absolute Gasteiger partial charge is 0.357 e. The Morgan fingerprint density at radius 2 is 2.17 bits per heavy atom. The molecular weight excluding hydrogens is 421 g/mol. The average Bonchev–Trinajstić information content (AvgIpc) is 3.34. The fourth-order valence-electron chi connectivity index (χ4n) is 3.22. The number of aliphatic imine (C=N–C) groups is 1. The first kappa shape index (κ1) is 22.1. The lowest BCUT2D eigenvalue weighted by Crippen LogP contribution is -2.44. The molecule has 8 nitrogen and oxygen atoms in total. The Kier molecular flexibility index (Phi) is 7.01. The Bertz CT molecular complexity index is 883. The van der Waals surface area contributed by atoms with Crippen LogP contribution in [-0.4, -0.2) is 51.4 Å². The van der Waals surface area contributed by atoms with Crippen molar-refractivity contribution in [3.63, 3.8) is 0 Å². The second-order valence-corrected chi connectivity index (χ2v) is 7.24. The highest BCUT2D eigenvalue weighted by Crippen LogP contribution is 2.34. The van der Waals surface area contributed by atoms with E-state index in [2.05, 4.69) is 30.8 Å². The fraction of sp³-hybridized carbons (Fsp3) is 0.556. The number of pyridine rings is 1. The molecule has 1 fully saturated rings. The van der Waals surface area contributed by atoms with Gasteiger partial charge in [0, 0.05) is 38.4 Å². The summed E-state index contributed by atoms with van der Waals surface area (Å²) in [6.07, 6.45) is -1.21. The maximum absolute atomic E-state index is 12.8. The summed E-state index contributed by atoms with van der Waals surface area (Å²) in [7, 11) is 0. The number of alkyl halides is 3. The van der Waals surface area contributed by atoms with Crippen LogP contribution in [-0.2, 0) is 19.3 Å². The average molecular weight is 445 g/mol. The normalized spacial score (nSPS) is 17.5. The van der Waals surface area contributed by atoms with Gasteiger partial charge in [-0.3, -0.25) is 0 Å². The summed E-state index contributed by atoms with van der Waals surface area (Å²) >= 11 is 6.08. The number of nitrogens with one attached hydrogen (secondary N) is 2. The number of nitrogens with zero attached hydrogens (tertiary/aromatic N) is 6. The van der Waals surface area contributed by atoms with Crippen molar-refractivity contribution in [3.05, 3.63) is 35.0 Å². The maximum Gasteiger partial charge on any atom is 0.417 e. The van der Waals surface area contributed by atoms with Crippen LogP contribution < -0.4 is 15.5 Å². The van der Waals surface area contributed by atoms with E-state index in [0.717, 1.165) is 31.1 Å². The quantitative estimate of drug-likeness (QED) is 0.526. The van der Waals surface area contributed by atoms with Gasteiger partial charge in [0.15, 0.2) is 11.8 Å². The van der Waals surface area contributed by atoms with E-state index in [4.69, 9.17) is 11.6 Å². The maximum atomic E-state index is 12.8. The van der Waals surface area contributed by atoms with E-state index in [-0.39, 0.29) is 11.1 Å². The van der Waals surface area contributed by atoms with Gasteiger partial charge in [-0.2, -0.15) is 13.2 Å². The molecule has 1 saturated heterocycles. The third-order valence-corrected chi connectivity index (χ3v) is 5.02. The molecule has 0 saturated carbocycles. The SMILES string of the molecule is CCNC(=NCc1nncn1CC)NC1CCN(c2ncc(C(F)(F)F)cc2Cl)C1. The van der Waals surface area contributed by atoms with Gasteiger partial charge in [0.2, 0.25) is 0 Å². The van der Waals surface area contributed by atoms with Crippen molar-refractivity contribution >= 4 is 23.4 Å². The van der Waals surface area contributed by atoms with E-state index in [0.29, 0.717) is 38.0 Å². The van der Waals surface area contributed by atoms with Gasteiger partial charge >= 0.3 is 6.18 Å². The molecule has 2 N–H and O–H groups in total. The van der Waals surface area contributed by atoms with Gasteiger partial charge in [-0.15, -0.1) is 10.2 Å². The summed E-state index contributed by atoms with van der Waals surface area (Å²) in [5.74, 6) is 1.76. The fourth-order valence-corrected chi connectivity index (χ4v) is 3.50. The van der Waals surface area contributed by atoms with Crippen LogP contribution in [0.25, 0.3) is 0 Å². The minimum absolute atomic E-state index is 0.00930. The molecule has 2 aromatic heterocycles. The van der Waals surface area contributed by atoms with Gasteiger partial charge in [0.05, 0.1) is 10.6 Å².